The molecular formula is C18H15N3O3. The van der Waals surface area contributed by atoms with Crippen molar-refractivity contribution in [2.24, 2.45) is 0 Å². The van der Waals surface area contributed by atoms with E-state index in [0.29, 0.717) is 11.1 Å². The number of hydrogen-bond acceptors (Lipinski definition) is 4. The van der Waals surface area contributed by atoms with Crippen molar-refractivity contribution in [1.29, 1.82) is 0 Å². The van der Waals surface area contributed by atoms with Gasteiger partial charge in [0.2, 0.25) is 5.78 Å². The summed E-state index contributed by atoms with van der Waals surface area (Å²) in [6.45, 7) is 1.74. The van der Waals surface area contributed by atoms with Crippen molar-refractivity contribution >= 4 is 11.6 Å². The Kier molecular flexibility index (Phi) is 4.20. The van der Waals surface area contributed by atoms with Crippen molar-refractivity contribution in [3.63, 3.8) is 0 Å². The third-order valence-corrected chi connectivity index (χ3v) is 3.79. The summed E-state index contributed by atoms with van der Waals surface area (Å²) in [7, 11) is 0. The van der Waals surface area contributed by atoms with Crippen LogP contribution >= 0.6 is 0 Å². The van der Waals surface area contributed by atoms with Gasteiger partial charge in [0, 0.05) is 11.1 Å². The highest BCUT2D eigenvalue weighted by Crippen LogP contribution is 2.30. The van der Waals surface area contributed by atoms with Gasteiger partial charge >= 0.3 is 5.82 Å². The smallest absolute Gasteiger partial charge is 0.351 e. The highest BCUT2D eigenvalue weighted by molar-refractivity contribution is 5.96. The number of imidazole rings is 1. The van der Waals surface area contributed by atoms with Crippen LogP contribution in [-0.2, 0) is 6.54 Å². The molecule has 0 saturated heterocycles. The number of aryl methyl sites for hydroxylation is 1. The predicted molar refractivity (Wildman–Crippen MR) is 89.8 cm³/mol. The average molecular weight is 321 g/mol. The van der Waals surface area contributed by atoms with Crippen molar-refractivity contribution in [1.82, 2.24) is 9.55 Å². The average Bonchev–Trinajstić information content (AvgIpc) is 2.99. The van der Waals surface area contributed by atoms with E-state index >= 15 is 0 Å². The summed E-state index contributed by atoms with van der Waals surface area (Å²) in [6.07, 6.45) is 1.35. The molecule has 0 unspecified atom stereocenters. The zero-order chi connectivity index (χ0) is 17.1. The molecule has 6 heteroatoms. The molecule has 120 valence electrons. The number of rotatable bonds is 5. The largest absolute Gasteiger partial charge is 0.358 e. The van der Waals surface area contributed by atoms with Crippen molar-refractivity contribution in [2.45, 2.75) is 13.5 Å². The van der Waals surface area contributed by atoms with Crippen LogP contribution in [0.3, 0.4) is 0 Å². The highest BCUT2D eigenvalue weighted by atomic mass is 16.6. The van der Waals surface area contributed by atoms with E-state index in [4.69, 9.17) is 0 Å². The number of carbonyl (C=O) groups excluding carboxylic acids is 1. The quantitative estimate of drug-likeness (QED) is 0.408. The minimum atomic E-state index is -0.493. The standard InChI is InChI=1S/C18H15N3O3/c1-13-7-5-6-10-15(13)17-18(21(23)24)20(12-19-17)11-16(22)14-8-3-2-4-9-14/h2-10,12H,11H2,1H3. The van der Waals surface area contributed by atoms with Crippen LogP contribution in [0.2, 0.25) is 0 Å². The molecule has 0 N–H and O–H groups in total. The normalized spacial score (nSPS) is 10.5. The van der Waals surface area contributed by atoms with Gasteiger partial charge in [0.05, 0.1) is 0 Å². The molecule has 0 fully saturated rings. The van der Waals surface area contributed by atoms with Gasteiger partial charge in [-0.25, -0.2) is 9.55 Å². The first-order valence-corrected chi connectivity index (χ1v) is 7.41. The summed E-state index contributed by atoms with van der Waals surface area (Å²) >= 11 is 0. The molecule has 0 aliphatic carbocycles. The van der Waals surface area contributed by atoms with Crippen molar-refractivity contribution in [3.05, 3.63) is 82.2 Å². The first-order valence-electron chi connectivity index (χ1n) is 7.41. The first kappa shape index (κ1) is 15.6. The molecule has 1 aromatic heterocycles. The number of aromatic nitrogens is 2. The number of nitrogens with zero attached hydrogens (tertiary/aromatic N) is 3. The summed E-state index contributed by atoms with van der Waals surface area (Å²) in [4.78, 5) is 27.6. The summed E-state index contributed by atoms with van der Waals surface area (Å²) in [5.41, 5.74) is 2.37. The summed E-state index contributed by atoms with van der Waals surface area (Å²) < 4.78 is 1.29. The lowest BCUT2D eigenvalue weighted by molar-refractivity contribution is -0.391. The van der Waals surface area contributed by atoms with Crippen LogP contribution in [-0.4, -0.2) is 20.3 Å². The summed E-state index contributed by atoms with van der Waals surface area (Å²) in [5, 5.41) is 11.5. The fourth-order valence-corrected chi connectivity index (χ4v) is 2.58. The zero-order valence-electron chi connectivity index (χ0n) is 13.0. The molecule has 6 nitrogen and oxygen atoms in total. The third-order valence-electron chi connectivity index (χ3n) is 3.79. The maximum atomic E-state index is 12.3. The predicted octanol–water partition coefficient (Wildman–Crippen LogP) is 3.65. The molecule has 0 atom stereocenters. The molecule has 1 heterocycles. The second kappa shape index (κ2) is 6.45. The fraction of sp³-hybridized carbons (Fsp3) is 0.111. The SMILES string of the molecule is Cc1ccccc1-c1ncn(CC(=O)c2ccccc2)c1[N+](=O)[O-]. The Bertz CT molecular complexity index is 901. The first-order chi connectivity index (χ1) is 11.6. The van der Waals surface area contributed by atoms with Gasteiger partial charge in [0.1, 0.15) is 0 Å². The maximum absolute atomic E-state index is 12.3. The Morgan fingerprint density at radius 1 is 1.12 bits per heavy atom. The van der Waals surface area contributed by atoms with Gasteiger partial charge in [0.25, 0.3) is 0 Å². The molecule has 0 saturated carbocycles. The lowest BCUT2D eigenvalue weighted by Crippen LogP contribution is -2.12. The summed E-state index contributed by atoms with van der Waals surface area (Å²) in [6, 6.07) is 16.0. The van der Waals surface area contributed by atoms with E-state index in [0.717, 1.165) is 5.56 Å². The van der Waals surface area contributed by atoms with Gasteiger partial charge in [-0.05, 0) is 17.4 Å². The number of nitro groups is 1. The van der Waals surface area contributed by atoms with E-state index in [1.54, 1.807) is 36.4 Å². The van der Waals surface area contributed by atoms with E-state index in [1.165, 1.54) is 10.9 Å². The Morgan fingerprint density at radius 3 is 2.46 bits per heavy atom. The number of hydrogen-bond donors (Lipinski definition) is 0. The maximum Gasteiger partial charge on any atom is 0.351 e. The van der Waals surface area contributed by atoms with Crippen LogP contribution in [0.4, 0.5) is 5.82 Å². The van der Waals surface area contributed by atoms with Gasteiger partial charge in [0.15, 0.2) is 18.6 Å². The van der Waals surface area contributed by atoms with E-state index in [2.05, 4.69) is 4.98 Å². The fourth-order valence-electron chi connectivity index (χ4n) is 2.58. The van der Waals surface area contributed by atoms with Crippen molar-refractivity contribution in [2.75, 3.05) is 0 Å². The van der Waals surface area contributed by atoms with Crippen molar-refractivity contribution in [3.8, 4) is 11.3 Å². The highest BCUT2D eigenvalue weighted by Gasteiger charge is 2.25. The number of carbonyl (C=O) groups is 1. The topological polar surface area (TPSA) is 78.0 Å². The van der Waals surface area contributed by atoms with E-state index in [-0.39, 0.29) is 23.8 Å². The lowest BCUT2D eigenvalue weighted by Gasteiger charge is -2.05. The van der Waals surface area contributed by atoms with Gasteiger partial charge < -0.3 is 10.1 Å². The molecular weight excluding hydrogens is 306 g/mol. The second-order valence-corrected chi connectivity index (χ2v) is 5.41. The third kappa shape index (κ3) is 2.94. The van der Waals surface area contributed by atoms with Crippen LogP contribution in [0.5, 0.6) is 0 Å². The Labute approximate surface area is 138 Å². The van der Waals surface area contributed by atoms with Crippen molar-refractivity contribution < 1.29 is 9.72 Å². The number of benzene rings is 2. The number of ketones is 1. The van der Waals surface area contributed by atoms with Gasteiger partial charge in [-0.2, -0.15) is 0 Å². The molecule has 24 heavy (non-hydrogen) atoms. The Hall–Kier alpha value is -3.28. The number of Topliss-reactive ketones (excluding diaryl/α,β-unsaturated/α-hetero) is 1. The van der Waals surface area contributed by atoms with E-state index in [9.17, 15) is 14.9 Å². The molecule has 0 aliphatic rings. The molecule has 0 bridgehead atoms. The van der Waals surface area contributed by atoms with Gasteiger partial charge in [-0.3, -0.25) is 4.79 Å². The molecule has 3 aromatic rings. The van der Waals surface area contributed by atoms with Crippen LogP contribution in [0.15, 0.2) is 60.9 Å². The molecule has 0 aliphatic heterocycles. The Morgan fingerprint density at radius 2 is 1.79 bits per heavy atom. The van der Waals surface area contributed by atoms with E-state index in [1.807, 2.05) is 25.1 Å². The van der Waals surface area contributed by atoms with Crippen LogP contribution in [0, 0.1) is 17.0 Å². The van der Waals surface area contributed by atoms with Crippen LogP contribution < -0.4 is 0 Å². The zero-order valence-corrected chi connectivity index (χ0v) is 13.0. The van der Waals surface area contributed by atoms with Gasteiger partial charge in [-0.15, -0.1) is 0 Å². The molecule has 0 radical (unpaired) electrons. The monoisotopic (exact) mass is 321 g/mol. The minimum absolute atomic E-state index is 0.126. The molecule has 3 rings (SSSR count). The summed E-state index contributed by atoms with van der Waals surface area (Å²) in [5.74, 6) is -0.374. The minimum Gasteiger partial charge on any atom is -0.358 e. The molecule has 0 amide bonds. The van der Waals surface area contributed by atoms with Gasteiger partial charge in [-0.1, -0.05) is 54.6 Å². The van der Waals surface area contributed by atoms with E-state index < -0.39 is 4.92 Å². The molecule has 2 aromatic carbocycles. The second-order valence-electron chi connectivity index (χ2n) is 5.41. The molecule has 0 spiro atoms. The Balaban J connectivity index is 2.00. The lowest BCUT2D eigenvalue weighted by atomic mass is 10.1. The van der Waals surface area contributed by atoms with Crippen LogP contribution in [0.25, 0.3) is 11.3 Å². The van der Waals surface area contributed by atoms with Crippen LogP contribution in [0.1, 0.15) is 15.9 Å².